The lowest BCUT2D eigenvalue weighted by Gasteiger charge is -2.39. The average Bonchev–Trinajstić information content (AvgIpc) is 2.66. The zero-order valence-electron chi connectivity index (χ0n) is 9.33. The molecule has 0 aromatic heterocycles. The van der Waals surface area contributed by atoms with Crippen molar-refractivity contribution in [2.45, 2.75) is 17.6 Å². The van der Waals surface area contributed by atoms with Gasteiger partial charge in [-0.05, 0) is 24.8 Å². The quantitative estimate of drug-likeness (QED) is 0.792. The number of rotatable bonds is 1. The molecule has 1 aliphatic carbocycles. The molecule has 2 aliphatic heterocycles. The van der Waals surface area contributed by atoms with Crippen molar-refractivity contribution in [3.63, 3.8) is 0 Å². The maximum Gasteiger partial charge on any atom is 0.221 e. The Morgan fingerprint density at radius 2 is 2.41 bits per heavy atom. The lowest BCUT2D eigenvalue weighted by molar-refractivity contribution is -0.122. The number of nitrogens with zero attached hydrogens (tertiary/aromatic N) is 1. The van der Waals surface area contributed by atoms with Crippen molar-refractivity contribution in [2.75, 3.05) is 5.75 Å². The third-order valence-electron chi connectivity index (χ3n) is 3.81. The zero-order chi connectivity index (χ0) is 11.2. The fourth-order valence-electron chi connectivity index (χ4n) is 2.96. The van der Waals surface area contributed by atoms with Crippen molar-refractivity contribution in [3.8, 4) is 0 Å². The predicted octanol–water partition coefficient (Wildman–Crippen LogP) is 1.93. The van der Waals surface area contributed by atoms with Crippen molar-refractivity contribution in [1.82, 2.24) is 0 Å². The van der Waals surface area contributed by atoms with Gasteiger partial charge in [-0.1, -0.05) is 12.2 Å². The Balaban J connectivity index is 0.00000108. The SMILES string of the molecule is Cl.NC(=O)C1CSC23CC=CC=C2N=CCC13. The van der Waals surface area contributed by atoms with Crippen LogP contribution >= 0.6 is 24.2 Å². The molecule has 2 heterocycles. The standard InChI is InChI=1S/C12H14N2OS.ClH/c13-11(15)8-7-16-12-5-2-1-3-10(12)14-6-4-9(8)12;/h1-3,6,8-9H,4-5,7H2,(H2,13,15);1H. The second kappa shape index (κ2) is 4.50. The lowest BCUT2D eigenvalue weighted by atomic mass is 9.74. The van der Waals surface area contributed by atoms with Crippen LogP contribution in [-0.2, 0) is 4.79 Å². The van der Waals surface area contributed by atoms with E-state index in [0.717, 1.165) is 24.3 Å². The van der Waals surface area contributed by atoms with Gasteiger partial charge in [0.15, 0.2) is 0 Å². The number of nitrogens with two attached hydrogens (primary N) is 1. The number of amides is 1. The number of carbonyl (C=O) groups is 1. The van der Waals surface area contributed by atoms with Gasteiger partial charge in [-0.3, -0.25) is 9.79 Å². The summed E-state index contributed by atoms with van der Waals surface area (Å²) < 4.78 is 0.0309. The molecule has 3 rings (SSSR count). The largest absolute Gasteiger partial charge is 0.369 e. The minimum atomic E-state index is -0.154. The van der Waals surface area contributed by atoms with Crippen LogP contribution in [-0.4, -0.2) is 22.6 Å². The molecule has 0 saturated carbocycles. The van der Waals surface area contributed by atoms with Crippen LogP contribution < -0.4 is 5.73 Å². The van der Waals surface area contributed by atoms with Crippen LogP contribution in [0.2, 0.25) is 0 Å². The highest BCUT2D eigenvalue weighted by Crippen LogP contribution is 2.56. The van der Waals surface area contributed by atoms with Gasteiger partial charge in [-0.15, -0.1) is 24.2 Å². The second-order valence-electron chi connectivity index (χ2n) is 4.55. The average molecular weight is 271 g/mol. The summed E-state index contributed by atoms with van der Waals surface area (Å²) in [4.78, 5) is 15.9. The number of hydrogen-bond acceptors (Lipinski definition) is 3. The molecule has 0 aromatic carbocycles. The van der Waals surface area contributed by atoms with Crippen LogP contribution in [0.4, 0.5) is 0 Å². The maximum absolute atomic E-state index is 11.5. The van der Waals surface area contributed by atoms with E-state index in [1.807, 2.05) is 18.0 Å². The summed E-state index contributed by atoms with van der Waals surface area (Å²) in [6.07, 6.45) is 10.1. The summed E-state index contributed by atoms with van der Waals surface area (Å²) in [6, 6.07) is 0. The molecule has 1 fully saturated rings. The van der Waals surface area contributed by atoms with Crippen molar-refractivity contribution in [3.05, 3.63) is 23.9 Å². The third kappa shape index (κ3) is 1.74. The first-order valence-corrected chi connectivity index (χ1v) is 6.56. The van der Waals surface area contributed by atoms with Gasteiger partial charge >= 0.3 is 0 Å². The van der Waals surface area contributed by atoms with E-state index in [2.05, 4.69) is 23.2 Å². The van der Waals surface area contributed by atoms with Gasteiger partial charge < -0.3 is 5.73 Å². The van der Waals surface area contributed by atoms with E-state index in [0.29, 0.717) is 5.92 Å². The van der Waals surface area contributed by atoms with Crippen LogP contribution in [0.3, 0.4) is 0 Å². The molecule has 3 unspecified atom stereocenters. The predicted molar refractivity (Wildman–Crippen MR) is 73.6 cm³/mol. The van der Waals surface area contributed by atoms with Crippen molar-refractivity contribution < 1.29 is 4.79 Å². The fraction of sp³-hybridized carbons (Fsp3) is 0.500. The van der Waals surface area contributed by atoms with Crippen molar-refractivity contribution >= 4 is 36.3 Å². The molecule has 3 nitrogen and oxygen atoms in total. The fourth-order valence-corrected chi connectivity index (χ4v) is 4.79. The summed E-state index contributed by atoms with van der Waals surface area (Å²) in [5.74, 6) is 1.03. The lowest BCUT2D eigenvalue weighted by Crippen LogP contribution is -2.41. The normalized spacial score (nSPS) is 37.8. The molecule has 5 heteroatoms. The topological polar surface area (TPSA) is 55.5 Å². The molecule has 0 radical (unpaired) electrons. The maximum atomic E-state index is 11.5. The summed E-state index contributed by atoms with van der Waals surface area (Å²) >= 11 is 1.86. The zero-order valence-corrected chi connectivity index (χ0v) is 11.0. The Morgan fingerprint density at radius 1 is 1.59 bits per heavy atom. The Kier molecular flexibility index (Phi) is 3.36. The van der Waals surface area contributed by atoms with E-state index in [9.17, 15) is 4.79 Å². The van der Waals surface area contributed by atoms with E-state index in [1.54, 1.807) is 0 Å². The first kappa shape index (κ1) is 12.7. The minimum Gasteiger partial charge on any atom is -0.369 e. The van der Waals surface area contributed by atoms with Gasteiger partial charge in [0, 0.05) is 12.0 Å². The molecule has 1 amide bonds. The first-order chi connectivity index (χ1) is 7.74. The summed E-state index contributed by atoms with van der Waals surface area (Å²) in [5.41, 5.74) is 6.61. The van der Waals surface area contributed by atoms with Crippen LogP contribution in [0.25, 0.3) is 0 Å². The number of allylic oxidation sites excluding steroid dienone is 3. The molecule has 3 atom stereocenters. The van der Waals surface area contributed by atoms with Crippen LogP contribution in [0.1, 0.15) is 12.8 Å². The summed E-state index contributed by atoms with van der Waals surface area (Å²) in [7, 11) is 0. The Hall–Kier alpha value is -0.740. The van der Waals surface area contributed by atoms with E-state index in [4.69, 9.17) is 5.73 Å². The summed E-state index contributed by atoms with van der Waals surface area (Å²) in [6.45, 7) is 0. The number of aliphatic imine (C=N–C) groups is 1. The van der Waals surface area contributed by atoms with E-state index in [-0.39, 0.29) is 29.0 Å². The number of carbonyl (C=O) groups excluding carboxylic acids is 1. The third-order valence-corrected chi connectivity index (χ3v) is 5.52. The number of thioether (sulfide) groups is 1. The molecule has 0 bridgehead atoms. The van der Waals surface area contributed by atoms with Gasteiger partial charge in [-0.25, -0.2) is 0 Å². The van der Waals surface area contributed by atoms with Gasteiger partial charge in [0.2, 0.25) is 5.91 Å². The Bertz CT molecular complexity index is 432. The van der Waals surface area contributed by atoms with E-state index < -0.39 is 0 Å². The molecular formula is C12H15ClN2OS. The van der Waals surface area contributed by atoms with Crippen LogP contribution in [0.5, 0.6) is 0 Å². The highest BCUT2D eigenvalue weighted by Gasteiger charge is 2.53. The second-order valence-corrected chi connectivity index (χ2v) is 5.90. The molecule has 17 heavy (non-hydrogen) atoms. The van der Waals surface area contributed by atoms with Gasteiger partial charge in [-0.2, -0.15) is 0 Å². The van der Waals surface area contributed by atoms with Gasteiger partial charge in [0.1, 0.15) is 0 Å². The number of halogens is 1. The number of hydrogen-bond donors (Lipinski definition) is 1. The molecule has 0 aromatic rings. The molecular weight excluding hydrogens is 256 g/mol. The van der Waals surface area contributed by atoms with Crippen LogP contribution in [0.15, 0.2) is 28.9 Å². The molecule has 92 valence electrons. The van der Waals surface area contributed by atoms with Crippen LogP contribution in [0, 0.1) is 11.8 Å². The van der Waals surface area contributed by atoms with Gasteiger partial charge in [0.25, 0.3) is 0 Å². The number of primary amides is 1. The highest BCUT2D eigenvalue weighted by atomic mass is 35.5. The van der Waals surface area contributed by atoms with Crippen molar-refractivity contribution in [1.29, 1.82) is 0 Å². The molecule has 1 spiro atoms. The summed E-state index contributed by atoms with van der Waals surface area (Å²) in [5, 5.41) is 0. The molecule has 2 N–H and O–H groups in total. The Morgan fingerprint density at radius 3 is 3.18 bits per heavy atom. The monoisotopic (exact) mass is 270 g/mol. The van der Waals surface area contributed by atoms with E-state index >= 15 is 0 Å². The first-order valence-electron chi connectivity index (χ1n) is 5.57. The van der Waals surface area contributed by atoms with Crippen molar-refractivity contribution in [2.24, 2.45) is 22.6 Å². The Labute approximate surface area is 111 Å². The van der Waals surface area contributed by atoms with Gasteiger partial charge in [0.05, 0.1) is 16.4 Å². The smallest absolute Gasteiger partial charge is 0.221 e. The highest BCUT2D eigenvalue weighted by molar-refractivity contribution is 8.01. The molecule has 3 aliphatic rings. The van der Waals surface area contributed by atoms with E-state index in [1.165, 1.54) is 0 Å². The minimum absolute atomic E-state index is 0. The molecule has 1 saturated heterocycles.